The fraction of sp³-hybridized carbons (Fsp3) is 0.267. The molecule has 2 aliphatic carbocycles. The smallest absolute Gasteiger partial charge is 0.113 e. The molecule has 2 N–H and O–H groups in total. The molecule has 0 radical (unpaired) electrons. The molecule has 90 valence electrons. The molecular weight excluding hydrogens is 224 g/mol. The van der Waals surface area contributed by atoms with Gasteiger partial charge >= 0.3 is 0 Å². The molecule has 3 aliphatic rings. The van der Waals surface area contributed by atoms with E-state index in [9.17, 15) is 0 Å². The fourth-order valence-corrected chi connectivity index (χ4v) is 3.05. The van der Waals surface area contributed by atoms with Gasteiger partial charge in [0, 0.05) is 23.6 Å². The second kappa shape index (κ2) is 3.48. The predicted octanol–water partition coefficient (Wildman–Crippen LogP) is 2.35. The van der Waals surface area contributed by atoms with E-state index in [1.54, 1.807) is 6.26 Å². The SMILES string of the molecule is NC1=C2CCc3occc3C2=NC2C=CC=CC12. The van der Waals surface area contributed by atoms with Crippen LogP contribution in [0.5, 0.6) is 0 Å². The monoisotopic (exact) mass is 238 g/mol. The van der Waals surface area contributed by atoms with Gasteiger partial charge in [-0.2, -0.15) is 0 Å². The van der Waals surface area contributed by atoms with E-state index in [1.165, 1.54) is 5.57 Å². The van der Waals surface area contributed by atoms with Crippen molar-refractivity contribution in [2.24, 2.45) is 16.6 Å². The summed E-state index contributed by atoms with van der Waals surface area (Å²) in [5.74, 6) is 1.28. The van der Waals surface area contributed by atoms with Crippen LogP contribution in [0.4, 0.5) is 0 Å². The van der Waals surface area contributed by atoms with Crippen molar-refractivity contribution in [3.05, 3.63) is 59.2 Å². The first-order valence-corrected chi connectivity index (χ1v) is 6.33. The zero-order valence-corrected chi connectivity index (χ0v) is 9.97. The van der Waals surface area contributed by atoms with Crippen LogP contribution in [0.2, 0.25) is 0 Å². The summed E-state index contributed by atoms with van der Waals surface area (Å²) in [5, 5.41) is 0. The highest BCUT2D eigenvalue weighted by Crippen LogP contribution is 2.36. The molecule has 0 saturated heterocycles. The van der Waals surface area contributed by atoms with Crippen LogP contribution in [0, 0.1) is 5.92 Å². The van der Waals surface area contributed by atoms with Crippen LogP contribution in [0.15, 0.2) is 57.3 Å². The van der Waals surface area contributed by atoms with Gasteiger partial charge in [0.05, 0.1) is 18.0 Å². The second-order valence-electron chi connectivity index (χ2n) is 4.96. The van der Waals surface area contributed by atoms with E-state index in [0.717, 1.165) is 35.6 Å². The summed E-state index contributed by atoms with van der Waals surface area (Å²) in [6, 6.07) is 2.15. The lowest BCUT2D eigenvalue weighted by molar-refractivity contribution is 0.503. The number of fused-ring (bicyclic) bond motifs is 4. The van der Waals surface area contributed by atoms with E-state index in [-0.39, 0.29) is 12.0 Å². The second-order valence-corrected chi connectivity index (χ2v) is 4.96. The number of aryl methyl sites for hydroxylation is 1. The third-order valence-corrected chi connectivity index (χ3v) is 3.98. The van der Waals surface area contributed by atoms with E-state index in [4.69, 9.17) is 15.1 Å². The van der Waals surface area contributed by atoms with E-state index in [2.05, 4.69) is 18.2 Å². The minimum atomic E-state index is 0.148. The lowest BCUT2D eigenvalue weighted by atomic mass is 9.80. The number of aliphatic imine (C=N–C) groups is 1. The molecule has 2 heterocycles. The summed E-state index contributed by atoms with van der Waals surface area (Å²) >= 11 is 0. The van der Waals surface area contributed by atoms with E-state index < -0.39 is 0 Å². The van der Waals surface area contributed by atoms with Crippen molar-refractivity contribution in [3.63, 3.8) is 0 Å². The van der Waals surface area contributed by atoms with Crippen LogP contribution in [0.25, 0.3) is 0 Å². The van der Waals surface area contributed by atoms with Gasteiger partial charge in [0.15, 0.2) is 0 Å². The van der Waals surface area contributed by atoms with Crippen LogP contribution >= 0.6 is 0 Å². The third-order valence-electron chi connectivity index (χ3n) is 3.98. The fourth-order valence-electron chi connectivity index (χ4n) is 3.05. The van der Waals surface area contributed by atoms with Gasteiger partial charge in [0.25, 0.3) is 0 Å². The first-order valence-electron chi connectivity index (χ1n) is 6.33. The molecule has 4 rings (SSSR count). The molecule has 1 aromatic rings. The summed E-state index contributed by atoms with van der Waals surface area (Å²) in [7, 11) is 0. The van der Waals surface area contributed by atoms with Crippen molar-refractivity contribution >= 4 is 5.71 Å². The van der Waals surface area contributed by atoms with Gasteiger partial charge in [0.2, 0.25) is 0 Å². The molecule has 2 unspecified atom stereocenters. The van der Waals surface area contributed by atoms with Crippen molar-refractivity contribution in [3.8, 4) is 0 Å². The van der Waals surface area contributed by atoms with Crippen LogP contribution in [-0.4, -0.2) is 11.8 Å². The summed E-state index contributed by atoms with van der Waals surface area (Å²) in [5.41, 5.74) is 10.7. The number of dihydropyridines is 1. The molecule has 3 heteroatoms. The van der Waals surface area contributed by atoms with Crippen LogP contribution in [-0.2, 0) is 6.42 Å². The highest BCUT2D eigenvalue weighted by Gasteiger charge is 2.33. The summed E-state index contributed by atoms with van der Waals surface area (Å²) in [4.78, 5) is 4.87. The number of hydrogen-bond acceptors (Lipinski definition) is 3. The minimum Gasteiger partial charge on any atom is -0.469 e. The van der Waals surface area contributed by atoms with Gasteiger partial charge in [-0.15, -0.1) is 0 Å². The highest BCUT2D eigenvalue weighted by atomic mass is 16.3. The number of hydrogen-bond donors (Lipinski definition) is 1. The number of allylic oxidation sites excluding steroid dienone is 3. The lowest BCUT2D eigenvalue weighted by Crippen LogP contribution is -2.33. The van der Waals surface area contributed by atoms with Crippen LogP contribution < -0.4 is 5.73 Å². The molecule has 18 heavy (non-hydrogen) atoms. The van der Waals surface area contributed by atoms with Crippen molar-refractivity contribution < 1.29 is 4.42 Å². The molecule has 0 fully saturated rings. The Labute approximate surface area is 105 Å². The Morgan fingerprint density at radius 1 is 1.22 bits per heavy atom. The Kier molecular flexibility index (Phi) is 1.92. The van der Waals surface area contributed by atoms with Gasteiger partial charge in [-0.3, -0.25) is 4.99 Å². The zero-order valence-electron chi connectivity index (χ0n) is 9.97. The maximum Gasteiger partial charge on any atom is 0.113 e. The maximum atomic E-state index is 6.35. The zero-order chi connectivity index (χ0) is 12.1. The molecular formula is C15H14N2O. The lowest BCUT2D eigenvalue weighted by Gasteiger charge is -2.32. The van der Waals surface area contributed by atoms with Gasteiger partial charge < -0.3 is 10.2 Å². The van der Waals surface area contributed by atoms with E-state index in [0.29, 0.717) is 0 Å². The van der Waals surface area contributed by atoms with Crippen molar-refractivity contribution in [2.75, 3.05) is 0 Å². The van der Waals surface area contributed by atoms with Crippen molar-refractivity contribution in [1.29, 1.82) is 0 Å². The van der Waals surface area contributed by atoms with Crippen LogP contribution in [0.3, 0.4) is 0 Å². The molecule has 0 bridgehead atoms. The predicted molar refractivity (Wildman–Crippen MR) is 70.3 cm³/mol. The molecule has 0 aromatic carbocycles. The average Bonchev–Trinajstić information content (AvgIpc) is 2.88. The standard InChI is InChI=1S/C15H14N2O/c16-14-9-3-1-2-4-12(9)17-15-10-7-8-18-13(10)6-5-11(14)15/h1-4,7-9,12H,5-6,16H2. The van der Waals surface area contributed by atoms with Gasteiger partial charge in [0.1, 0.15) is 5.76 Å². The summed E-state index contributed by atoms with van der Waals surface area (Å²) in [6.45, 7) is 0. The molecule has 2 atom stereocenters. The first kappa shape index (κ1) is 9.95. The van der Waals surface area contributed by atoms with Crippen molar-refractivity contribution in [2.45, 2.75) is 18.9 Å². The average molecular weight is 238 g/mol. The first-order chi connectivity index (χ1) is 8.84. The molecule has 0 spiro atoms. The Hall–Kier alpha value is -2.03. The highest BCUT2D eigenvalue weighted by molar-refractivity contribution is 6.15. The Bertz CT molecular complexity index is 631. The quantitative estimate of drug-likeness (QED) is 0.754. The Morgan fingerprint density at radius 3 is 3.06 bits per heavy atom. The normalized spacial score (nSPS) is 28.6. The summed E-state index contributed by atoms with van der Waals surface area (Å²) in [6.07, 6.45) is 12.0. The largest absolute Gasteiger partial charge is 0.469 e. The van der Waals surface area contributed by atoms with Crippen molar-refractivity contribution in [1.82, 2.24) is 0 Å². The third kappa shape index (κ3) is 1.22. The minimum absolute atomic E-state index is 0.148. The maximum absolute atomic E-state index is 6.35. The molecule has 0 amide bonds. The Balaban J connectivity index is 1.91. The van der Waals surface area contributed by atoms with Gasteiger partial charge in [-0.25, -0.2) is 0 Å². The number of rotatable bonds is 0. The van der Waals surface area contributed by atoms with Crippen LogP contribution in [0.1, 0.15) is 17.7 Å². The summed E-state index contributed by atoms with van der Waals surface area (Å²) < 4.78 is 5.50. The molecule has 0 saturated carbocycles. The number of furan rings is 1. The number of nitrogens with zero attached hydrogens (tertiary/aromatic N) is 1. The number of nitrogens with two attached hydrogens (primary N) is 1. The topological polar surface area (TPSA) is 51.5 Å². The van der Waals surface area contributed by atoms with E-state index >= 15 is 0 Å². The van der Waals surface area contributed by atoms with Gasteiger partial charge in [-0.05, 0) is 18.1 Å². The molecule has 3 nitrogen and oxygen atoms in total. The van der Waals surface area contributed by atoms with Gasteiger partial charge in [-0.1, -0.05) is 24.3 Å². The molecule has 1 aromatic heterocycles. The molecule has 1 aliphatic heterocycles. The van der Waals surface area contributed by atoms with E-state index in [1.807, 2.05) is 12.1 Å². The Morgan fingerprint density at radius 2 is 2.11 bits per heavy atom.